The zero-order chi connectivity index (χ0) is 13.7. The van der Waals surface area contributed by atoms with Crippen LogP contribution in [0.2, 0.25) is 0 Å². The maximum Gasteiger partial charge on any atom is 0.337 e. The number of carbonyl (C=O) groups excluding carboxylic acids is 1. The molecule has 0 bridgehead atoms. The Morgan fingerprint density at radius 3 is 2.50 bits per heavy atom. The minimum atomic E-state index is -1.06. The Balaban J connectivity index is 3.03. The number of carboxylic acids is 1. The molecule has 0 atom stereocenters. The predicted molar refractivity (Wildman–Crippen MR) is 70.0 cm³/mol. The maximum atomic E-state index is 12.0. The van der Waals surface area contributed by atoms with E-state index < -0.39 is 5.97 Å². The van der Waals surface area contributed by atoms with Crippen molar-refractivity contribution in [3.8, 4) is 0 Å². The van der Waals surface area contributed by atoms with Gasteiger partial charge in [0.25, 0.3) is 0 Å². The van der Waals surface area contributed by atoms with Crippen molar-refractivity contribution in [1.29, 1.82) is 0 Å². The summed E-state index contributed by atoms with van der Waals surface area (Å²) in [4.78, 5) is 25.9. The van der Waals surface area contributed by atoms with Gasteiger partial charge in [-0.25, -0.2) is 9.59 Å². The van der Waals surface area contributed by atoms with Crippen LogP contribution in [0, 0.1) is 0 Å². The molecule has 96 valence electrons. The molecule has 0 spiro atoms. The Bertz CT molecular complexity index is 471. The van der Waals surface area contributed by atoms with Crippen LogP contribution in [0.25, 0.3) is 0 Å². The van der Waals surface area contributed by atoms with Crippen LogP contribution in [-0.2, 0) is 0 Å². The van der Waals surface area contributed by atoms with Gasteiger partial charge in [-0.05, 0) is 12.1 Å². The molecule has 0 unspecified atom stereocenters. The molecule has 0 heterocycles. The number of carboxylic acid groups (broad SMARTS) is 1. The number of para-hydroxylation sites is 1. The van der Waals surface area contributed by atoms with Crippen LogP contribution in [0.5, 0.6) is 0 Å². The summed E-state index contributed by atoms with van der Waals surface area (Å²) >= 11 is 0. The summed E-state index contributed by atoms with van der Waals surface area (Å²) in [5, 5.41) is 9.07. The fourth-order valence-corrected chi connectivity index (χ4v) is 1.58. The third-order valence-electron chi connectivity index (χ3n) is 2.51. The molecule has 0 aliphatic heterocycles. The second-order valence-corrected chi connectivity index (χ2v) is 3.83. The normalized spacial score (nSPS) is 9.67. The lowest BCUT2D eigenvalue weighted by atomic mass is 10.1. The van der Waals surface area contributed by atoms with Crippen molar-refractivity contribution in [2.24, 2.45) is 0 Å². The zero-order valence-corrected chi connectivity index (χ0v) is 10.5. The van der Waals surface area contributed by atoms with Gasteiger partial charge in [-0.1, -0.05) is 18.2 Å². The lowest BCUT2D eigenvalue weighted by Gasteiger charge is -2.25. The van der Waals surface area contributed by atoms with Gasteiger partial charge in [-0.15, -0.1) is 6.58 Å². The average molecular weight is 248 g/mol. The van der Waals surface area contributed by atoms with E-state index in [0.29, 0.717) is 12.2 Å². The smallest absolute Gasteiger partial charge is 0.337 e. The third kappa shape index (κ3) is 2.88. The van der Waals surface area contributed by atoms with E-state index in [1.807, 2.05) is 0 Å². The topological polar surface area (TPSA) is 60.9 Å². The van der Waals surface area contributed by atoms with Crippen LogP contribution in [0.4, 0.5) is 10.5 Å². The maximum absolute atomic E-state index is 12.0. The summed E-state index contributed by atoms with van der Waals surface area (Å²) in [5.74, 6) is -1.06. The highest BCUT2D eigenvalue weighted by Gasteiger charge is 2.19. The molecular weight excluding hydrogens is 232 g/mol. The summed E-state index contributed by atoms with van der Waals surface area (Å²) in [6, 6.07) is 6.10. The number of nitrogens with zero attached hydrogens (tertiary/aromatic N) is 2. The highest BCUT2D eigenvalue weighted by Crippen LogP contribution is 2.20. The molecule has 0 saturated carbocycles. The Kier molecular flexibility index (Phi) is 4.48. The lowest BCUT2D eigenvalue weighted by molar-refractivity contribution is 0.0697. The Morgan fingerprint density at radius 1 is 1.33 bits per heavy atom. The Morgan fingerprint density at radius 2 is 1.94 bits per heavy atom. The SMILES string of the molecule is C=CCN(C)C(=O)N(C)c1ccccc1C(=O)O. The summed E-state index contributed by atoms with van der Waals surface area (Å²) in [6.45, 7) is 3.96. The number of aromatic carboxylic acids is 1. The number of amides is 2. The molecule has 5 heteroatoms. The molecule has 1 rings (SSSR count). The first-order valence-corrected chi connectivity index (χ1v) is 5.41. The largest absolute Gasteiger partial charge is 0.478 e. The number of anilines is 1. The second kappa shape index (κ2) is 5.86. The predicted octanol–water partition coefficient (Wildman–Crippen LogP) is 2.06. The van der Waals surface area contributed by atoms with E-state index in [4.69, 9.17) is 5.11 Å². The van der Waals surface area contributed by atoms with E-state index in [-0.39, 0.29) is 11.6 Å². The van der Waals surface area contributed by atoms with Gasteiger partial charge in [0, 0.05) is 20.6 Å². The number of urea groups is 1. The Labute approximate surface area is 106 Å². The van der Waals surface area contributed by atoms with Crippen molar-refractivity contribution in [1.82, 2.24) is 4.90 Å². The van der Waals surface area contributed by atoms with Crippen LogP contribution < -0.4 is 4.90 Å². The van der Waals surface area contributed by atoms with Gasteiger partial charge in [0.1, 0.15) is 0 Å². The molecule has 5 nitrogen and oxygen atoms in total. The molecule has 0 aliphatic rings. The molecule has 1 aromatic rings. The Hall–Kier alpha value is -2.30. The van der Waals surface area contributed by atoms with Crippen LogP contribution in [0.15, 0.2) is 36.9 Å². The van der Waals surface area contributed by atoms with Crippen molar-refractivity contribution >= 4 is 17.7 Å². The summed E-state index contributed by atoms with van der Waals surface area (Å²) in [6.07, 6.45) is 1.61. The van der Waals surface area contributed by atoms with Crippen molar-refractivity contribution in [3.63, 3.8) is 0 Å². The van der Waals surface area contributed by atoms with Crippen LogP contribution in [-0.4, -0.2) is 42.6 Å². The standard InChI is InChI=1S/C13H16N2O3/c1-4-9-14(2)13(18)15(3)11-8-6-5-7-10(11)12(16)17/h4-8H,1,9H2,2-3H3,(H,16,17). The fraction of sp³-hybridized carbons (Fsp3) is 0.231. The second-order valence-electron chi connectivity index (χ2n) is 3.83. The average Bonchev–Trinajstić information content (AvgIpc) is 2.37. The van der Waals surface area contributed by atoms with Gasteiger partial charge in [-0.3, -0.25) is 4.90 Å². The molecule has 18 heavy (non-hydrogen) atoms. The molecule has 0 radical (unpaired) electrons. The molecule has 1 aromatic carbocycles. The van der Waals surface area contributed by atoms with E-state index in [9.17, 15) is 9.59 Å². The van der Waals surface area contributed by atoms with E-state index in [1.54, 1.807) is 38.4 Å². The van der Waals surface area contributed by atoms with Crippen molar-refractivity contribution in [3.05, 3.63) is 42.5 Å². The van der Waals surface area contributed by atoms with E-state index in [1.165, 1.54) is 15.9 Å². The number of rotatable bonds is 4. The number of likely N-dealkylation sites (N-methyl/N-ethyl adjacent to an activating group) is 1. The van der Waals surface area contributed by atoms with Crippen molar-refractivity contribution in [2.75, 3.05) is 25.5 Å². The van der Waals surface area contributed by atoms with Gasteiger partial charge in [0.15, 0.2) is 0 Å². The zero-order valence-electron chi connectivity index (χ0n) is 10.5. The number of carbonyl (C=O) groups is 2. The van der Waals surface area contributed by atoms with Gasteiger partial charge in [0.05, 0.1) is 11.3 Å². The van der Waals surface area contributed by atoms with Crippen molar-refractivity contribution in [2.45, 2.75) is 0 Å². The molecule has 0 fully saturated rings. The quantitative estimate of drug-likeness (QED) is 0.830. The summed E-state index contributed by atoms with van der Waals surface area (Å²) in [7, 11) is 3.17. The van der Waals surface area contributed by atoms with E-state index in [2.05, 4.69) is 6.58 Å². The lowest BCUT2D eigenvalue weighted by Crippen LogP contribution is -2.39. The number of benzene rings is 1. The molecule has 0 aromatic heterocycles. The van der Waals surface area contributed by atoms with E-state index >= 15 is 0 Å². The first-order valence-electron chi connectivity index (χ1n) is 5.41. The highest BCUT2D eigenvalue weighted by molar-refractivity contribution is 6.01. The van der Waals surface area contributed by atoms with Crippen LogP contribution in [0.1, 0.15) is 10.4 Å². The van der Waals surface area contributed by atoms with E-state index in [0.717, 1.165) is 0 Å². The summed E-state index contributed by atoms with van der Waals surface area (Å²) < 4.78 is 0. The van der Waals surface area contributed by atoms with Crippen molar-refractivity contribution < 1.29 is 14.7 Å². The molecule has 0 saturated heterocycles. The number of hydrogen-bond acceptors (Lipinski definition) is 2. The minimum absolute atomic E-state index is 0.0975. The summed E-state index contributed by atoms with van der Waals surface area (Å²) in [5.41, 5.74) is 0.464. The van der Waals surface area contributed by atoms with Gasteiger partial charge < -0.3 is 10.0 Å². The fourth-order valence-electron chi connectivity index (χ4n) is 1.58. The number of hydrogen-bond donors (Lipinski definition) is 1. The minimum Gasteiger partial charge on any atom is -0.478 e. The monoisotopic (exact) mass is 248 g/mol. The van der Waals surface area contributed by atoms with Crippen LogP contribution >= 0.6 is 0 Å². The van der Waals surface area contributed by atoms with Gasteiger partial charge >= 0.3 is 12.0 Å². The van der Waals surface area contributed by atoms with Gasteiger partial charge in [0.2, 0.25) is 0 Å². The first kappa shape index (κ1) is 13.8. The highest BCUT2D eigenvalue weighted by atomic mass is 16.4. The molecular formula is C13H16N2O3. The molecule has 2 amide bonds. The first-order chi connectivity index (χ1) is 8.49. The third-order valence-corrected chi connectivity index (χ3v) is 2.51. The van der Waals surface area contributed by atoms with Crippen LogP contribution in [0.3, 0.4) is 0 Å². The van der Waals surface area contributed by atoms with Gasteiger partial charge in [-0.2, -0.15) is 0 Å². The molecule has 1 N–H and O–H groups in total. The molecule has 0 aliphatic carbocycles.